The topological polar surface area (TPSA) is 36.5 Å². The molecule has 4 rings (SSSR count). The van der Waals surface area contributed by atoms with Crippen LogP contribution in [0.2, 0.25) is 0 Å². The van der Waals surface area contributed by atoms with Crippen molar-refractivity contribution in [2.75, 3.05) is 38.1 Å². The Morgan fingerprint density at radius 1 is 0.971 bits per heavy atom. The Balaban J connectivity index is 1.53. The van der Waals surface area contributed by atoms with E-state index in [0.29, 0.717) is 0 Å². The van der Waals surface area contributed by atoms with E-state index in [4.69, 9.17) is 4.74 Å². The predicted octanol–water partition coefficient (Wildman–Crippen LogP) is 5.66. The lowest BCUT2D eigenvalue weighted by molar-refractivity contribution is 0.193. The lowest BCUT2D eigenvalue weighted by Crippen LogP contribution is -2.50. The van der Waals surface area contributed by atoms with Crippen molar-refractivity contribution in [3.8, 4) is 5.75 Å². The first-order valence-electron chi connectivity index (χ1n) is 12.4. The molecule has 5 heteroatoms. The Bertz CT molecular complexity index is 1030. The lowest BCUT2D eigenvalue weighted by atomic mass is 9.81. The Kier molecular flexibility index (Phi) is 8.20. The van der Waals surface area contributed by atoms with Gasteiger partial charge in [0.15, 0.2) is 0 Å². The number of para-hydroxylation sites is 2. The van der Waals surface area contributed by atoms with Crippen LogP contribution in [0.15, 0.2) is 78.9 Å². The van der Waals surface area contributed by atoms with Crippen LogP contribution in [0.25, 0.3) is 0 Å². The van der Waals surface area contributed by atoms with Gasteiger partial charge >= 0.3 is 0 Å². The number of nitrogens with one attached hydrogen (secondary N) is 2. The zero-order valence-electron chi connectivity index (χ0n) is 20.3. The van der Waals surface area contributed by atoms with Gasteiger partial charge in [0, 0.05) is 25.0 Å². The molecular weight excluding hydrogens is 425 g/mol. The summed E-state index contributed by atoms with van der Waals surface area (Å²) < 4.78 is 20.6. The molecule has 1 heterocycles. The number of halogens is 1. The molecule has 0 aliphatic carbocycles. The van der Waals surface area contributed by atoms with Crippen LogP contribution >= 0.6 is 0 Å². The third-order valence-electron chi connectivity index (χ3n) is 6.95. The molecule has 3 aromatic carbocycles. The number of benzene rings is 3. The van der Waals surface area contributed by atoms with Crippen LogP contribution in [-0.2, 0) is 5.54 Å². The molecule has 180 valence electrons. The highest BCUT2D eigenvalue weighted by molar-refractivity contribution is 5.59. The lowest BCUT2D eigenvalue weighted by Gasteiger charge is -2.43. The number of rotatable bonds is 10. The molecule has 0 aromatic heterocycles. The maximum absolute atomic E-state index is 14.0. The van der Waals surface area contributed by atoms with Gasteiger partial charge in [-0.1, -0.05) is 61.5 Å². The SMILES string of the molecule is CCNCCC(Oc1ccccc1N1CCC(NC)(c2ccccc2)CC1)c1cccc(F)c1. The molecule has 1 saturated heterocycles. The van der Waals surface area contributed by atoms with Gasteiger partial charge in [-0.3, -0.25) is 0 Å². The van der Waals surface area contributed by atoms with Crippen molar-refractivity contribution in [3.63, 3.8) is 0 Å². The van der Waals surface area contributed by atoms with E-state index in [-0.39, 0.29) is 17.5 Å². The highest BCUT2D eigenvalue weighted by atomic mass is 19.1. The molecule has 0 radical (unpaired) electrons. The van der Waals surface area contributed by atoms with Crippen molar-refractivity contribution in [1.29, 1.82) is 0 Å². The summed E-state index contributed by atoms with van der Waals surface area (Å²) in [6.07, 6.45) is 2.56. The van der Waals surface area contributed by atoms with Crippen molar-refractivity contribution in [2.45, 2.75) is 37.8 Å². The van der Waals surface area contributed by atoms with Gasteiger partial charge in [-0.15, -0.1) is 0 Å². The quantitative estimate of drug-likeness (QED) is 0.382. The highest BCUT2D eigenvalue weighted by Gasteiger charge is 2.35. The van der Waals surface area contributed by atoms with E-state index >= 15 is 0 Å². The van der Waals surface area contributed by atoms with Gasteiger partial charge in [0.25, 0.3) is 0 Å². The standard InChI is InChI=1S/C29H36FN3O/c1-3-32-19-16-27(23-10-9-13-25(30)22-23)34-28-15-8-7-14-26(28)33-20-17-29(31-2,18-21-33)24-11-5-4-6-12-24/h4-15,22,27,31-32H,3,16-21H2,1-2H3. The summed E-state index contributed by atoms with van der Waals surface area (Å²) in [5.74, 6) is 0.619. The van der Waals surface area contributed by atoms with Crippen molar-refractivity contribution < 1.29 is 9.13 Å². The first-order chi connectivity index (χ1) is 16.6. The molecule has 0 saturated carbocycles. The van der Waals surface area contributed by atoms with E-state index < -0.39 is 0 Å². The maximum atomic E-state index is 14.0. The number of piperidine rings is 1. The summed E-state index contributed by atoms with van der Waals surface area (Å²) in [6.45, 7) is 5.65. The largest absolute Gasteiger partial charge is 0.484 e. The molecule has 3 aromatic rings. The zero-order valence-corrected chi connectivity index (χ0v) is 20.3. The maximum Gasteiger partial charge on any atom is 0.143 e. The number of hydrogen-bond acceptors (Lipinski definition) is 4. The average molecular weight is 462 g/mol. The van der Waals surface area contributed by atoms with Crippen LogP contribution in [0.1, 0.15) is 43.4 Å². The Morgan fingerprint density at radius 3 is 2.41 bits per heavy atom. The fourth-order valence-electron chi connectivity index (χ4n) is 4.95. The van der Waals surface area contributed by atoms with E-state index in [9.17, 15) is 4.39 Å². The number of anilines is 1. The van der Waals surface area contributed by atoms with Crippen LogP contribution in [0.4, 0.5) is 10.1 Å². The van der Waals surface area contributed by atoms with Gasteiger partial charge in [0.2, 0.25) is 0 Å². The fraction of sp³-hybridized carbons (Fsp3) is 0.379. The Labute approximate surface area is 203 Å². The van der Waals surface area contributed by atoms with Crippen molar-refractivity contribution in [2.24, 2.45) is 0 Å². The van der Waals surface area contributed by atoms with Crippen LogP contribution in [-0.4, -0.2) is 33.2 Å². The molecule has 0 bridgehead atoms. The third-order valence-corrected chi connectivity index (χ3v) is 6.95. The molecule has 0 amide bonds. The number of ether oxygens (including phenoxy) is 1. The monoisotopic (exact) mass is 461 g/mol. The second kappa shape index (κ2) is 11.5. The Hall–Kier alpha value is -2.89. The first kappa shape index (κ1) is 24.2. The minimum absolute atomic E-state index is 0.0104. The van der Waals surface area contributed by atoms with Gasteiger partial charge in [-0.05, 0) is 68.4 Å². The van der Waals surface area contributed by atoms with Crippen molar-refractivity contribution >= 4 is 5.69 Å². The molecule has 1 atom stereocenters. The van der Waals surface area contributed by atoms with Crippen LogP contribution < -0.4 is 20.3 Å². The fourth-order valence-corrected chi connectivity index (χ4v) is 4.95. The van der Waals surface area contributed by atoms with Crippen molar-refractivity contribution in [3.05, 3.63) is 95.8 Å². The molecule has 1 aliphatic heterocycles. The minimum Gasteiger partial charge on any atom is -0.484 e. The van der Waals surface area contributed by atoms with Crippen molar-refractivity contribution in [1.82, 2.24) is 10.6 Å². The minimum atomic E-state index is -0.233. The molecule has 2 N–H and O–H groups in total. The van der Waals surface area contributed by atoms with Crippen LogP contribution in [0.5, 0.6) is 5.75 Å². The molecule has 34 heavy (non-hydrogen) atoms. The second-order valence-corrected chi connectivity index (χ2v) is 8.96. The van der Waals surface area contributed by atoms with Gasteiger partial charge in [0.05, 0.1) is 5.69 Å². The van der Waals surface area contributed by atoms with Crippen LogP contribution in [0.3, 0.4) is 0 Å². The van der Waals surface area contributed by atoms with Gasteiger partial charge < -0.3 is 20.3 Å². The Morgan fingerprint density at radius 2 is 1.71 bits per heavy atom. The van der Waals surface area contributed by atoms with Gasteiger partial charge in [-0.25, -0.2) is 4.39 Å². The second-order valence-electron chi connectivity index (χ2n) is 8.96. The van der Waals surface area contributed by atoms with E-state index in [1.807, 2.05) is 18.2 Å². The normalized spacial score (nSPS) is 16.3. The summed E-state index contributed by atoms with van der Waals surface area (Å²) in [5, 5.41) is 6.97. The third kappa shape index (κ3) is 5.60. The van der Waals surface area contributed by atoms with E-state index in [1.54, 1.807) is 12.1 Å². The summed E-state index contributed by atoms with van der Waals surface area (Å²) >= 11 is 0. The highest BCUT2D eigenvalue weighted by Crippen LogP contribution is 2.38. The molecule has 0 spiro atoms. The van der Waals surface area contributed by atoms with E-state index in [2.05, 4.69) is 72.0 Å². The van der Waals surface area contributed by atoms with E-state index in [1.165, 1.54) is 11.6 Å². The number of hydrogen-bond donors (Lipinski definition) is 2. The molecular formula is C29H36FN3O. The summed E-state index contributed by atoms with van der Waals surface area (Å²) in [7, 11) is 2.06. The molecule has 1 unspecified atom stereocenters. The molecule has 1 fully saturated rings. The zero-order chi connectivity index (χ0) is 23.8. The van der Waals surface area contributed by atoms with Gasteiger partial charge in [0.1, 0.15) is 17.7 Å². The smallest absolute Gasteiger partial charge is 0.143 e. The molecule has 1 aliphatic rings. The molecule has 4 nitrogen and oxygen atoms in total. The summed E-state index contributed by atoms with van der Waals surface area (Å²) in [5.41, 5.74) is 3.30. The first-order valence-corrected chi connectivity index (χ1v) is 12.4. The van der Waals surface area contributed by atoms with Gasteiger partial charge in [-0.2, -0.15) is 0 Å². The average Bonchev–Trinajstić information content (AvgIpc) is 2.89. The predicted molar refractivity (Wildman–Crippen MR) is 138 cm³/mol. The number of nitrogens with zero attached hydrogens (tertiary/aromatic N) is 1. The summed E-state index contributed by atoms with van der Waals surface area (Å²) in [6, 6.07) is 25.8. The summed E-state index contributed by atoms with van der Waals surface area (Å²) in [4.78, 5) is 2.42. The van der Waals surface area contributed by atoms with Crippen LogP contribution in [0, 0.1) is 5.82 Å². The van der Waals surface area contributed by atoms with E-state index in [0.717, 1.165) is 62.4 Å².